The Morgan fingerprint density at radius 2 is 1.71 bits per heavy atom. The molecule has 0 saturated carbocycles. The molecule has 2 aromatic rings. The summed E-state index contributed by atoms with van der Waals surface area (Å²) in [5.74, 6) is 0.555. The Kier molecular flexibility index (Phi) is 6.19. The number of hydrogen-bond acceptors (Lipinski definition) is 3. The first-order chi connectivity index (χ1) is 10.3. The quantitative estimate of drug-likeness (QED) is 0.760. The predicted molar refractivity (Wildman–Crippen MR) is 80.8 cm³/mol. The number of hydrogen-bond donors (Lipinski definition) is 1. The molecule has 0 bridgehead atoms. The average molecular weight is 289 g/mol. The molecule has 0 heterocycles. The molecule has 2 aromatic carbocycles. The van der Waals surface area contributed by atoms with Crippen LogP contribution in [-0.4, -0.2) is 19.8 Å². The number of benzene rings is 2. The molecule has 0 aliphatic carbocycles. The summed E-state index contributed by atoms with van der Waals surface area (Å²) >= 11 is 0. The summed E-state index contributed by atoms with van der Waals surface area (Å²) in [5.41, 5.74) is 7.25. The van der Waals surface area contributed by atoms with Crippen molar-refractivity contribution >= 4 is 0 Å². The second-order valence-corrected chi connectivity index (χ2v) is 4.68. The van der Waals surface area contributed by atoms with Gasteiger partial charge in [-0.05, 0) is 36.7 Å². The molecule has 0 atom stereocenters. The summed E-state index contributed by atoms with van der Waals surface area (Å²) in [6, 6.07) is 14.4. The van der Waals surface area contributed by atoms with E-state index in [-0.39, 0.29) is 12.4 Å². The van der Waals surface area contributed by atoms with Gasteiger partial charge in [0.05, 0.1) is 13.2 Å². The second-order valence-electron chi connectivity index (χ2n) is 4.68. The summed E-state index contributed by atoms with van der Waals surface area (Å²) in [4.78, 5) is 0. The van der Waals surface area contributed by atoms with E-state index in [1.807, 2.05) is 24.3 Å². The topological polar surface area (TPSA) is 44.5 Å². The maximum absolute atomic E-state index is 13.3. The molecular weight excluding hydrogens is 269 g/mol. The minimum absolute atomic E-state index is 0.242. The van der Waals surface area contributed by atoms with Gasteiger partial charge in [0, 0.05) is 5.56 Å². The smallest absolute Gasteiger partial charge is 0.128 e. The summed E-state index contributed by atoms with van der Waals surface area (Å²) in [6.45, 7) is 1.75. The molecule has 0 amide bonds. The Bertz CT molecular complexity index is 543. The van der Waals surface area contributed by atoms with Gasteiger partial charge in [0.25, 0.3) is 0 Å². The van der Waals surface area contributed by atoms with Crippen molar-refractivity contribution in [1.82, 2.24) is 0 Å². The lowest BCUT2D eigenvalue weighted by atomic mass is 10.1. The number of rotatable bonds is 8. The Labute approximate surface area is 124 Å². The molecule has 0 spiro atoms. The predicted octanol–water partition coefficient (Wildman–Crippen LogP) is 2.92. The molecule has 0 saturated heterocycles. The zero-order chi connectivity index (χ0) is 14.9. The highest BCUT2D eigenvalue weighted by Gasteiger charge is 2.00. The lowest BCUT2D eigenvalue weighted by molar-refractivity contribution is 0.0872. The maximum atomic E-state index is 13.3. The summed E-state index contributed by atoms with van der Waals surface area (Å²) in [7, 11) is 0. The van der Waals surface area contributed by atoms with E-state index in [9.17, 15) is 4.39 Å². The van der Waals surface area contributed by atoms with Gasteiger partial charge in [-0.25, -0.2) is 4.39 Å². The monoisotopic (exact) mass is 289 g/mol. The molecule has 21 heavy (non-hydrogen) atoms. The first kappa shape index (κ1) is 15.5. The Hall–Kier alpha value is -1.91. The van der Waals surface area contributed by atoms with Crippen molar-refractivity contribution in [2.45, 2.75) is 13.0 Å². The third-order valence-corrected chi connectivity index (χ3v) is 3.07. The molecule has 2 N–H and O–H groups in total. The summed E-state index contributed by atoms with van der Waals surface area (Å²) in [6.07, 6.45) is 0.867. The Morgan fingerprint density at radius 3 is 2.43 bits per heavy atom. The van der Waals surface area contributed by atoms with Crippen LogP contribution in [0.4, 0.5) is 4.39 Å². The van der Waals surface area contributed by atoms with Crippen LogP contribution >= 0.6 is 0 Å². The van der Waals surface area contributed by atoms with Gasteiger partial charge in [-0.15, -0.1) is 0 Å². The molecule has 112 valence electrons. The highest BCUT2D eigenvalue weighted by atomic mass is 19.1. The van der Waals surface area contributed by atoms with E-state index in [0.717, 1.165) is 12.2 Å². The lowest BCUT2D eigenvalue weighted by Crippen LogP contribution is -2.07. The number of halogens is 1. The van der Waals surface area contributed by atoms with Crippen LogP contribution in [0.25, 0.3) is 0 Å². The van der Waals surface area contributed by atoms with Crippen molar-refractivity contribution in [3.05, 3.63) is 65.5 Å². The normalized spacial score (nSPS) is 10.6. The van der Waals surface area contributed by atoms with Gasteiger partial charge in [0.1, 0.15) is 18.2 Å². The van der Waals surface area contributed by atoms with Crippen LogP contribution in [0.3, 0.4) is 0 Å². The van der Waals surface area contributed by atoms with Gasteiger partial charge < -0.3 is 15.2 Å². The first-order valence-corrected chi connectivity index (χ1v) is 7.02. The van der Waals surface area contributed by atoms with Gasteiger partial charge in [-0.2, -0.15) is 0 Å². The van der Waals surface area contributed by atoms with Crippen LogP contribution in [0.5, 0.6) is 5.75 Å². The van der Waals surface area contributed by atoms with Crippen molar-refractivity contribution in [3.8, 4) is 5.75 Å². The van der Waals surface area contributed by atoms with E-state index in [1.165, 1.54) is 11.6 Å². The van der Waals surface area contributed by atoms with Gasteiger partial charge in [-0.3, -0.25) is 0 Å². The fourth-order valence-corrected chi connectivity index (χ4v) is 1.94. The molecule has 0 aliphatic rings. The molecule has 0 aliphatic heterocycles. The number of nitrogens with two attached hydrogens (primary N) is 1. The van der Waals surface area contributed by atoms with Gasteiger partial charge in [-0.1, -0.05) is 30.3 Å². The SMILES string of the molecule is NCCc1ccc(OCCOCc2ccccc2F)cc1. The average Bonchev–Trinajstić information content (AvgIpc) is 2.51. The molecule has 0 fully saturated rings. The molecule has 0 unspecified atom stereocenters. The lowest BCUT2D eigenvalue weighted by Gasteiger charge is -2.08. The van der Waals surface area contributed by atoms with E-state index in [2.05, 4.69) is 0 Å². The van der Waals surface area contributed by atoms with Crippen molar-refractivity contribution in [2.24, 2.45) is 5.73 Å². The van der Waals surface area contributed by atoms with Crippen LogP contribution in [0.15, 0.2) is 48.5 Å². The van der Waals surface area contributed by atoms with Crippen LogP contribution in [0, 0.1) is 5.82 Å². The Morgan fingerprint density at radius 1 is 0.952 bits per heavy atom. The van der Waals surface area contributed by atoms with Crippen LogP contribution < -0.4 is 10.5 Å². The molecule has 3 nitrogen and oxygen atoms in total. The fourth-order valence-electron chi connectivity index (χ4n) is 1.94. The van der Waals surface area contributed by atoms with Gasteiger partial charge in [0.2, 0.25) is 0 Å². The van der Waals surface area contributed by atoms with E-state index < -0.39 is 0 Å². The third kappa shape index (κ3) is 5.17. The van der Waals surface area contributed by atoms with Crippen molar-refractivity contribution in [2.75, 3.05) is 19.8 Å². The zero-order valence-corrected chi connectivity index (χ0v) is 11.9. The summed E-state index contributed by atoms with van der Waals surface area (Å²) in [5, 5.41) is 0. The van der Waals surface area contributed by atoms with E-state index in [4.69, 9.17) is 15.2 Å². The van der Waals surface area contributed by atoms with Crippen LogP contribution in [-0.2, 0) is 17.8 Å². The van der Waals surface area contributed by atoms with Crippen molar-refractivity contribution < 1.29 is 13.9 Å². The van der Waals surface area contributed by atoms with Crippen molar-refractivity contribution in [1.29, 1.82) is 0 Å². The fraction of sp³-hybridized carbons (Fsp3) is 0.294. The largest absolute Gasteiger partial charge is 0.491 e. The maximum Gasteiger partial charge on any atom is 0.128 e. The van der Waals surface area contributed by atoms with Gasteiger partial charge in [0.15, 0.2) is 0 Å². The molecule has 0 aromatic heterocycles. The van der Waals surface area contributed by atoms with E-state index >= 15 is 0 Å². The number of ether oxygens (including phenoxy) is 2. The zero-order valence-electron chi connectivity index (χ0n) is 11.9. The third-order valence-electron chi connectivity index (χ3n) is 3.07. The summed E-state index contributed by atoms with van der Waals surface area (Å²) < 4.78 is 24.3. The first-order valence-electron chi connectivity index (χ1n) is 7.02. The second kappa shape index (κ2) is 8.39. The molecule has 2 rings (SSSR count). The highest BCUT2D eigenvalue weighted by Crippen LogP contribution is 2.12. The van der Waals surface area contributed by atoms with Gasteiger partial charge >= 0.3 is 0 Å². The highest BCUT2D eigenvalue weighted by molar-refractivity contribution is 5.27. The van der Waals surface area contributed by atoms with Crippen molar-refractivity contribution in [3.63, 3.8) is 0 Å². The molecule has 4 heteroatoms. The molecular formula is C17H20FNO2. The van der Waals surface area contributed by atoms with E-state index in [1.54, 1.807) is 18.2 Å². The molecule has 0 radical (unpaired) electrons. The standard InChI is InChI=1S/C17H20FNO2/c18-17-4-2-1-3-15(17)13-20-11-12-21-16-7-5-14(6-8-16)9-10-19/h1-8H,9-13,19H2. The Balaban J connectivity index is 1.66. The van der Waals surface area contributed by atoms with Crippen LogP contribution in [0.2, 0.25) is 0 Å². The van der Waals surface area contributed by atoms with Crippen LogP contribution in [0.1, 0.15) is 11.1 Å². The minimum Gasteiger partial charge on any atom is -0.491 e. The minimum atomic E-state index is -0.242. The van der Waals surface area contributed by atoms with E-state index in [0.29, 0.717) is 25.3 Å².